The Morgan fingerprint density at radius 1 is 0.919 bits per heavy atom. The van der Waals surface area contributed by atoms with E-state index in [0.717, 1.165) is 61.5 Å². The van der Waals surface area contributed by atoms with E-state index in [1.54, 1.807) is 0 Å². The number of nitrogens with one attached hydrogen (secondary N) is 2. The third-order valence-electron chi connectivity index (χ3n) is 8.45. The Kier molecular flexibility index (Phi) is 6.43. The molecule has 2 aliphatic rings. The number of carbonyl (C=O) groups excluding carboxylic acids is 1. The van der Waals surface area contributed by atoms with Gasteiger partial charge in [-0.1, -0.05) is 55.5 Å². The number of amides is 1. The monoisotopic (exact) mass is 493 g/mol. The van der Waals surface area contributed by atoms with Gasteiger partial charge in [0.2, 0.25) is 0 Å². The van der Waals surface area contributed by atoms with Gasteiger partial charge in [0.1, 0.15) is 0 Å². The SMILES string of the molecule is CC1CCC(c2cccc(NC(=O)c3n[nH]c4ccccc34)c2)(N2CCN(c3ccccc3)CC2)CC1. The number of aromatic amines is 1. The summed E-state index contributed by atoms with van der Waals surface area (Å²) in [7, 11) is 0. The smallest absolute Gasteiger partial charge is 0.276 e. The van der Waals surface area contributed by atoms with Crippen LogP contribution in [-0.2, 0) is 5.54 Å². The van der Waals surface area contributed by atoms with Crippen molar-refractivity contribution in [1.29, 1.82) is 0 Å². The van der Waals surface area contributed by atoms with Crippen LogP contribution in [0.3, 0.4) is 0 Å². The van der Waals surface area contributed by atoms with Gasteiger partial charge in [0.05, 0.1) is 5.52 Å². The first-order chi connectivity index (χ1) is 18.1. The minimum absolute atomic E-state index is 0.00899. The molecular weight excluding hydrogens is 458 g/mol. The van der Waals surface area contributed by atoms with Gasteiger partial charge >= 0.3 is 0 Å². The molecule has 0 atom stereocenters. The number of para-hydroxylation sites is 2. The molecule has 1 aliphatic heterocycles. The Morgan fingerprint density at radius 3 is 2.43 bits per heavy atom. The van der Waals surface area contributed by atoms with E-state index in [0.29, 0.717) is 5.69 Å². The fourth-order valence-corrected chi connectivity index (χ4v) is 6.27. The second-order valence-corrected chi connectivity index (χ2v) is 10.7. The van der Waals surface area contributed by atoms with E-state index >= 15 is 0 Å². The molecule has 2 fully saturated rings. The molecule has 2 N–H and O–H groups in total. The Bertz CT molecular complexity index is 1360. The number of piperazine rings is 1. The zero-order chi connectivity index (χ0) is 25.2. The Labute approximate surface area is 218 Å². The number of nitrogens with zero attached hydrogens (tertiary/aromatic N) is 3. The van der Waals surface area contributed by atoms with E-state index in [4.69, 9.17) is 0 Å². The molecule has 1 aliphatic carbocycles. The van der Waals surface area contributed by atoms with Gasteiger partial charge in [0, 0.05) is 48.5 Å². The van der Waals surface area contributed by atoms with Gasteiger partial charge in [-0.25, -0.2) is 0 Å². The first kappa shape index (κ1) is 23.7. The lowest BCUT2D eigenvalue weighted by atomic mass is 9.71. The maximum Gasteiger partial charge on any atom is 0.276 e. The van der Waals surface area contributed by atoms with Gasteiger partial charge in [-0.2, -0.15) is 5.10 Å². The fourth-order valence-electron chi connectivity index (χ4n) is 6.27. The lowest BCUT2D eigenvalue weighted by Crippen LogP contribution is -2.56. The van der Waals surface area contributed by atoms with Crippen LogP contribution in [0.25, 0.3) is 10.9 Å². The zero-order valence-electron chi connectivity index (χ0n) is 21.5. The van der Waals surface area contributed by atoms with Crippen LogP contribution in [-0.4, -0.2) is 47.2 Å². The minimum atomic E-state index is -0.183. The summed E-state index contributed by atoms with van der Waals surface area (Å²) in [5.41, 5.74) is 4.76. The topological polar surface area (TPSA) is 64.3 Å². The molecule has 6 nitrogen and oxygen atoms in total. The summed E-state index contributed by atoms with van der Waals surface area (Å²) in [6.07, 6.45) is 4.77. The average molecular weight is 494 g/mol. The summed E-state index contributed by atoms with van der Waals surface area (Å²) >= 11 is 0. The van der Waals surface area contributed by atoms with Crippen LogP contribution >= 0.6 is 0 Å². The summed E-state index contributed by atoms with van der Waals surface area (Å²) in [5, 5.41) is 11.2. The van der Waals surface area contributed by atoms with Gasteiger partial charge in [-0.3, -0.25) is 14.8 Å². The van der Waals surface area contributed by atoms with Crippen molar-refractivity contribution in [2.75, 3.05) is 36.4 Å². The minimum Gasteiger partial charge on any atom is -0.369 e. The van der Waals surface area contributed by atoms with Gasteiger partial charge in [0.15, 0.2) is 5.69 Å². The van der Waals surface area contributed by atoms with Crippen molar-refractivity contribution in [3.05, 3.63) is 90.1 Å². The first-order valence-electron chi connectivity index (χ1n) is 13.5. The predicted molar refractivity (Wildman–Crippen MR) is 150 cm³/mol. The average Bonchev–Trinajstić information content (AvgIpc) is 3.39. The van der Waals surface area contributed by atoms with E-state index in [1.807, 2.05) is 30.3 Å². The molecule has 37 heavy (non-hydrogen) atoms. The van der Waals surface area contributed by atoms with E-state index in [-0.39, 0.29) is 11.4 Å². The summed E-state index contributed by atoms with van der Waals surface area (Å²) in [6, 6.07) is 27.0. The number of rotatable bonds is 5. The number of benzene rings is 3. The predicted octanol–water partition coefficient (Wildman–Crippen LogP) is 6.04. The number of anilines is 2. The molecule has 0 bridgehead atoms. The number of fused-ring (bicyclic) bond motifs is 1. The summed E-state index contributed by atoms with van der Waals surface area (Å²) in [4.78, 5) is 18.4. The van der Waals surface area contributed by atoms with Gasteiger partial charge < -0.3 is 10.2 Å². The van der Waals surface area contributed by atoms with Crippen LogP contribution in [0.1, 0.15) is 48.7 Å². The number of aromatic nitrogens is 2. The first-order valence-corrected chi connectivity index (χ1v) is 13.5. The summed E-state index contributed by atoms with van der Waals surface area (Å²) < 4.78 is 0. The summed E-state index contributed by atoms with van der Waals surface area (Å²) in [5.74, 6) is 0.576. The fraction of sp³-hybridized carbons (Fsp3) is 0.355. The van der Waals surface area contributed by atoms with E-state index < -0.39 is 0 Å². The summed E-state index contributed by atoms with van der Waals surface area (Å²) in [6.45, 7) is 6.52. The van der Waals surface area contributed by atoms with Crippen LogP contribution in [0, 0.1) is 5.92 Å². The second-order valence-electron chi connectivity index (χ2n) is 10.7. The van der Waals surface area contributed by atoms with Gasteiger partial charge in [-0.15, -0.1) is 0 Å². The van der Waals surface area contributed by atoms with E-state index in [2.05, 4.69) is 80.8 Å². The number of hydrogen-bond donors (Lipinski definition) is 2. The zero-order valence-corrected chi connectivity index (χ0v) is 21.5. The van der Waals surface area contributed by atoms with Crippen molar-refractivity contribution in [3.63, 3.8) is 0 Å². The molecule has 4 aromatic rings. The Morgan fingerprint density at radius 2 is 1.65 bits per heavy atom. The quantitative estimate of drug-likeness (QED) is 0.356. The largest absolute Gasteiger partial charge is 0.369 e. The van der Waals surface area contributed by atoms with Crippen molar-refractivity contribution >= 4 is 28.2 Å². The number of carbonyl (C=O) groups is 1. The van der Waals surface area contributed by atoms with Gasteiger partial charge in [-0.05, 0) is 67.5 Å². The highest BCUT2D eigenvalue weighted by Crippen LogP contribution is 2.45. The molecule has 0 spiro atoms. The van der Waals surface area contributed by atoms with Crippen molar-refractivity contribution in [1.82, 2.24) is 15.1 Å². The number of hydrogen-bond acceptors (Lipinski definition) is 4. The standard InChI is InChI=1S/C31H35N5O/c1-23-14-16-31(17-15-23,36-20-18-35(19-21-36)26-10-3-2-4-11-26)24-8-7-9-25(22-24)32-30(37)29-27-12-5-6-13-28(27)33-34-29/h2-13,22-23H,14-21H2,1H3,(H,32,37)(H,33,34). The van der Waals surface area contributed by atoms with E-state index in [9.17, 15) is 4.79 Å². The third-order valence-corrected chi connectivity index (χ3v) is 8.45. The van der Waals surface area contributed by atoms with Crippen molar-refractivity contribution in [2.24, 2.45) is 5.92 Å². The molecular formula is C31H35N5O. The van der Waals surface area contributed by atoms with Crippen molar-refractivity contribution in [3.8, 4) is 0 Å². The van der Waals surface area contributed by atoms with Crippen LogP contribution < -0.4 is 10.2 Å². The molecule has 1 saturated heterocycles. The maximum atomic E-state index is 13.2. The molecule has 3 aromatic carbocycles. The highest BCUT2D eigenvalue weighted by Gasteiger charge is 2.42. The van der Waals surface area contributed by atoms with Crippen LogP contribution in [0.4, 0.5) is 11.4 Å². The molecule has 1 amide bonds. The molecule has 0 radical (unpaired) electrons. The van der Waals surface area contributed by atoms with Crippen molar-refractivity contribution in [2.45, 2.75) is 38.1 Å². The molecule has 0 unspecified atom stereocenters. The highest BCUT2D eigenvalue weighted by molar-refractivity contribution is 6.11. The Hall–Kier alpha value is -3.64. The molecule has 6 heteroatoms. The van der Waals surface area contributed by atoms with Gasteiger partial charge in [0.25, 0.3) is 5.91 Å². The van der Waals surface area contributed by atoms with Crippen LogP contribution in [0.2, 0.25) is 0 Å². The normalized spacial score (nSPS) is 22.7. The number of H-pyrrole nitrogens is 1. The molecule has 1 saturated carbocycles. The van der Waals surface area contributed by atoms with E-state index in [1.165, 1.54) is 24.1 Å². The molecule has 190 valence electrons. The molecule has 2 heterocycles. The van der Waals surface area contributed by atoms with Crippen LogP contribution in [0.5, 0.6) is 0 Å². The second kappa shape index (κ2) is 10.0. The lowest BCUT2D eigenvalue weighted by molar-refractivity contribution is 0.0299. The third kappa shape index (κ3) is 4.62. The van der Waals surface area contributed by atoms with Crippen molar-refractivity contribution < 1.29 is 4.79 Å². The Balaban J connectivity index is 1.24. The maximum absolute atomic E-state index is 13.2. The highest BCUT2D eigenvalue weighted by atomic mass is 16.1. The molecule has 1 aromatic heterocycles. The lowest BCUT2D eigenvalue weighted by Gasteiger charge is -2.51. The molecule has 6 rings (SSSR count). The van der Waals surface area contributed by atoms with Crippen LogP contribution in [0.15, 0.2) is 78.9 Å².